The number of rotatable bonds is 6. The molecule has 0 aromatic rings. The van der Waals surface area contributed by atoms with Crippen molar-refractivity contribution in [2.45, 2.75) is 64.0 Å². The minimum atomic E-state index is -0.581. The summed E-state index contributed by atoms with van der Waals surface area (Å²) in [6, 6.07) is -0.294. The lowest BCUT2D eigenvalue weighted by atomic mass is 9.87. The topological polar surface area (TPSA) is 49.4 Å². The Morgan fingerprint density at radius 2 is 1.95 bits per heavy atom. The molecule has 0 aromatic carbocycles. The molecule has 1 aliphatic heterocycles. The Bertz CT molecular complexity index is 392. The first kappa shape index (κ1) is 16.7. The van der Waals surface area contributed by atoms with Crippen LogP contribution in [0.5, 0.6) is 0 Å². The largest absolute Gasteiger partial charge is 0.340 e. The fourth-order valence-corrected chi connectivity index (χ4v) is 4.15. The number of nitrogens with one attached hydrogen (secondary N) is 1. The summed E-state index contributed by atoms with van der Waals surface area (Å²) in [5.41, 5.74) is -0.581. The van der Waals surface area contributed by atoms with Gasteiger partial charge in [0.2, 0.25) is 11.8 Å². The van der Waals surface area contributed by atoms with Gasteiger partial charge >= 0.3 is 0 Å². The summed E-state index contributed by atoms with van der Waals surface area (Å²) in [7, 11) is 0. The van der Waals surface area contributed by atoms with E-state index < -0.39 is 5.54 Å². The van der Waals surface area contributed by atoms with E-state index in [1.807, 2.05) is 30.5 Å². The van der Waals surface area contributed by atoms with Gasteiger partial charge in [-0.2, -0.15) is 11.8 Å². The lowest BCUT2D eigenvalue weighted by molar-refractivity contribution is -0.156. The first-order chi connectivity index (χ1) is 10.0. The summed E-state index contributed by atoms with van der Waals surface area (Å²) >= 11 is 1.83. The van der Waals surface area contributed by atoms with Gasteiger partial charge in [-0.1, -0.05) is 26.7 Å². The van der Waals surface area contributed by atoms with Crippen LogP contribution in [0.25, 0.3) is 0 Å². The van der Waals surface area contributed by atoms with E-state index in [0.717, 1.165) is 50.8 Å². The van der Waals surface area contributed by atoms with Gasteiger partial charge in [-0.25, -0.2) is 0 Å². The predicted octanol–water partition coefficient (Wildman–Crippen LogP) is 2.43. The van der Waals surface area contributed by atoms with E-state index in [2.05, 4.69) is 11.6 Å². The third kappa shape index (κ3) is 3.38. The van der Waals surface area contributed by atoms with Gasteiger partial charge in [-0.15, -0.1) is 0 Å². The summed E-state index contributed by atoms with van der Waals surface area (Å²) in [6.45, 7) is 4.77. The highest BCUT2D eigenvalue weighted by Gasteiger charge is 2.52. The van der Waals surface area contributed by atoms with E-state index in [1.165, 1.54) is 0 Å². The van der Waals surface area contributed by atoms with Crippen LogP contribution < -0.4 is 5.32 Å². The Kier molecular flexibility index (Phi) is 5.58. The van der Waals surface area contributed by atoms with Gasteiger partial charge in [-0.05, 0) is 43.6 Å². The molecule has 120 valence electrons. The Balaban J connectivity index is 2.12. The molecule has 1 spiro atoms. The minimum absolute atomic E-state index is 0.0522. The number of unbranched alkanes of at least 4 members (excludes halogenated alkanes) is 1. The number of amides is 2. The van der Waals surface area contributed by atoms with Gasteiger partial charge in [0.1, 0.15) is 11.6 Å². The lowest BCUT2D eigenvalue weighted by Gasteiger charge is -2.46. The molecule has 1 atom stereocenters. The summed E-state index contributed by atoms with van der Waals surface area (Å²) in [5.74, 6) is 1.50. The van der Waals surface area contributed by atoms with Crippen LogP contribution in [0.2, 0.25) is 0 Å². The molecular formula is C16H28N2O2S. The van der Waals surface area contributed by atoms with Crippen LogP contribution in [-0.2, 0) is 9.59 Å². The molecule has 1 saturated heterocycles. The van der Waals surface area contributed by atoms with Crippen LogP contribution in [0.15, 0.2) is 0 Å². The molecule has 2 rings (SSSR count). The molecule has 2 amide bonds. The normalized spacial score (nSPS) is 25.0. The van der Waals surface area contributed by atoms with Gasteiger partial charge < -0.3 is 10.2 Å². The molecule has 1 aliphatic carbocycles. The molecule has 1 unspecified atom stereocenters. The average Bonchev–Trinajstić information content (AvgIpc) is 2.89. The third-order valence-corrected chi connectivity index (χ3v) is 5.42. The Labute approximate surface area is 132 Å². The van der Waals surface area contributed by atoms with Crippen molar-refractivity contribution in [2.24, 2.45) is 5.92 Å². The molecule has 4 nitrogen and oxygen atoms in total. The zero-order chi connectivity index (χ0) is 15.5. The fraction of sp³-hybridized carbons (Fsp3) is 0.875. The maximum absolute atomic E-state index is 13.0. The first-order valence-electron chi connectivity index (χ1n) is 8.14. The molecule has 5 heteroatoms. The van der Waals surface area contributed by atoms with E-state index in [1.54, 1.807) is 0 Å². The molecule has 1 heterocycles. The van der Waals surface area contributed by atoms with Crippen LogP contribution in [0, 0.1) is 5.92 Å². The van der Waals surface area contributed by atoms with Crippen molar-refractivity contribution in [1.82, 2.24) is 10.2 Å². The van der Waals surface area contributed by atoms with Gasteiger partial charge in [0.25, 0.3) is 0 Å². The molecule has 21 heavy (non-hydrogen) atoms. The van der Waals surface area contributed by atoms with Crippen LogP contribution in [0.1, 0.15) is 52.4 Å². The molecule has 1 N–H and O–H groups in total. The second-order valence-corrected chi connectivity index (χ2v) is 7.65. The molecule has 1 saturated carbocycles. The van der Waals surface area contributed by atoms with Crippen LogP contribution in [0.4, 0.5) is 0 Å². The maximum atomic E-state index is 13.0. The van der Waals surface area contributed by atoms with Gasteiger partial charge in [0.15, 0.2) is 0 Å². The van der Waals surface area contributed by atoms with Crippen molar-refractivity contribution in [3.63, 3.8) is 0 Å². The van der Waals surface area contributed by atoms with Gasteiger partial charge in [0.05, 0.1) is 0 Å². The quantitative estimate of drug-likeness (QED) is 0.766. The molecule has 0 aromatic heterocycles. The number of hydrogen-bond donors (Lipinski definition) is 1. The van der Waals surface area contributed by atoms with E-state index in [0.29, 0.717) is 0 Å². The highest BCUT2D eigenvalue weighted by Crippen LogP contribution is 2.35. The maximum Gasteiger partial charge on any atom is 0.249 e. The van der Waals surface area contributed by atoms with E-state index in [4.69, 9.17) is 0 Å². The Morgan fingerprint density at radius 3 is 2.52 bits per heavy atom. The second kappa shape index (κ2) is 7.03. The Morgan fingerprint density at radius 1 is 1.29 bits per heavy atom. The summed E-state index contributed by atoms with van der Waals surface area (Å²) in [4.78, 5) is 27.4. The highest BCUT2D eigenvalue weighted by atomic mass is 32.2. The SMILES string of the molecule is CSCCCCN1C(=O)C2(CCCC2)NC(=O)C1C(C)C. The van der Waals surface area contributed by atoms with Crippen molar-refractivity contribution >= 4 is 23.6 Å². The first-order valence-corrected chi connectivity index (χ1v) is 9.53. The minimum Gasteiger partial charge on any atom is -0.340 e. The van der Waals surface area contributed by atoms with Crippen molar-refractivity contribution in [1.29, 1.82) is 0 Å². The third-order valence-electron chi connectivity index (χ3n) is 4.72. The fourth-order valence-electron chi connectivity index (χ4n) is 3.66. The smallest absolute Gasteiger partial charge is 0.249 e. The van der Waals surface area contributed by atoms with E-state index in [9.17, 15) is 9.59 Å². The van der Waals surface area contributed by atoms with Crippen molar-refractivity contribution in [3.8, 4) is 0 Å². The second-order valence-electron chi connectivity index (χ2n) is 6.67. The predicted molar refractivity (Wildman–Crippen MR) is 87.3 cm³/mol. The lowest BCUT2D eigenvalue weighted by Crippen LogP contribution is -2.70. The standard InChI is InChI=1S/C16H28N2O2S/c1-12(2)13-14(19)17-16(8-4-5-9-16)15(20)18(13)10-6-7-11-21-3/h12-13H,4-11H2,1-3H3,(H,17,19). The molecule has 0 bridgehead atoms. The molecule has 2 fully saturated rings. The van der Waals surface area contributed by atoms with Gasteiger partial charge in [-0.3, -0.25) is 9.59 Å². The van der Waals surface area contributed by atoms with Crippen LogP contribution in [0.3, 0.4) is 0 Å². The monoisotopic (exact) mass is 312 g/mol. The number of nitrogens with zero attached hydrogens (tertiary/aromatic N) is 1. The number of carbonyl (C=O) groups is 2. The van der Waals surface area contributed by atoms with E-state index in [-0.39, 0.29) is 23.8 Å². The molecule has 2 aliphatic rings. The number of piperazine rings is 1. The number of hydrogen-bond acceptors (Lipinski definition) is 3. The zero-order valence-corrected chi connectivity index (χ0v) is 14.3. The number of thioether (sulfide) groups is 1. The van der Waals surface area contributed by atoms with Crippen molar-refractivity contribution in [3.05, 3.63) is 0 Å². The highest BCUT2D eigenvalue weighted by molar-refractivity contribution is 7.98. The summed E-state index contributed by atoms with van der Waals surface area (Å²) in [6.07, 6.45) is 7.89. The van der Waals surface area contributed by atoms with Crippen molar-refractivity contribution in [2.75, 3.05) is 18.6 Å². The Hall–Kier alpha value is -0.710. The van der Waals surface area contributed by atoms with Crippen LogP contribution >= 0.6 is 11.8 Å². The zero-order valence-electron chi connectivity index (χ0n) is 13.5. The van der Waals surface area contributed by atoms with Crippen LogP contribution in [-0.4, -0.2) is 46.8 Å². The summed E-state index contributed by atoms with van der Waals surface area (Å²) in [5, 5.41) is 3.07. The van der Waals surface area contributed by atoms with Gasteiger partial charge in [0, 0.05) is 6.54 Å². The summed E-state index contributed by atoms with van der Waals surface area (Å²) < 4.78 is 0. The average molecular weight is 312 g/mol. The molecular weight excluding hydrogens is 284 g/mol. The molecule has 0 radical (unpaired) electrons. The van der Waals surface area contributed by atoms with E-state index >= 15 is 0 Å². The number of carbonyl (C=O) groups excluding carboxylic acids is 2. The van der Waals surface area contributed by atoms with Crippen molar-refractivity contribution < 1.29 is 9.59 Å².